The van der Waals surface area contributed by atoms with Crippen molar-refractivity contribution in [3.63, 3.8) is 0 Å². The normalized spacial score (nSPS) is 14.0. The third kappa shape index (κ3) is 60.2. The Morgan fingerprint density at radius 3 is 1.07 bits per heavy atom. The molecule has 444 valence electrons. The maximum atomic E-state index is 13.0. The molecule has 0 saturated heterocycles. The molecule has 0 radical (unpaired) electrons. The molecule has 9 heteroatoms. The van der Waals surface area contributed by atoms with Crippen LogP contribution in [0, 0.1) is 0 Å². The highest BCUT2D eigenvalue weighted by molar-refractivity contribution is 7.47. The molecule has 0 heterocycles. The third-order valence-corrected chi connectivity index (χ3v) is 16.1. The first-order valence-electron chi connectivity index (χ1n) is 32.9. The van der Waals surface area contributed by atoms with Crippen molar-refractivity contribution in [2.45, 2.75) is 341 Å². The van der Waals surface area contributed by atoms with Crippen molar-refractivity contribution in [2.24, 2.45) is 0 Å². The van der Waals surface area contributed by atoms with Gasteiger partial charge in [-0.1, -0.05) is 301 Å². The molecule has 0 aromatic rings. The predicted octanol–water partition coefficient (Wildman–Crippen LogP) is 20.5. The fourth-order valence-corrected chi connectivity index (χ4v) is 10.7. The Morgan fingerprint density at radius 1 is 0.440 bits per heavy atom. The number of allylic oxidation sites excluding steroid dienone is 5. The van der Waals surface area contributed by atoms with Gasteiger partial charge in [-0.05, 0) is 57.8 Å². The van der Waals surface area contributed by atoms with Crippen LogP contribution in [0.5, 0.6) is 0 Å². The van der Waals surface area contributed by atoms with Gasteiger partial charge in [-0.3, -0.25) is 13.8 Å². The van der Waals surface area contributed by atoms with E-state index in [4.69, 9.17) is 9.05 Å². The quantitative estimate of drug-likeness (QED) is 0.0243. The van der Waals surface area contributed by atoms with Crippen LogP contribution in [0.2, 0.25) is 0 Å². The second-order valence-corrected chi connectivity index (χ2v) is 25.3. The SMILES string of the molecule is CCCCCCCCCCCCCC/C=C\CCCCCCCCCCCCCCC(=O)NC(COP(=O)(O)OCC[N+](C)(C)C)C(O)/C=C/CC/C=C/CCCCCCCCCCCCCCCCCCCCC. The Bertz CT molecular complexity index is 1320. The van der Waals surface area contributed by atoms with Gasteiger partial charge in [0.2, 0.25) is 5.91 Å². The number of phosphoric acid groups is 1. The lowest BCUT2D eigenvalue weighted by Crippen LogP contribution is -2.45. The van der Waals surface area contributed by atoms with Gasteiger partial charge in [0, 0.05) is 6.42 Å². The zero-order chi connectivity index (χ0) is 54.9. The molecule has 0 bridgehead atoms. The van der Waals surface area contributed by atoms with Crippen LogP contribution in [0.25, 0.3) is 0 Å². The number of nitrogens with zero attached hydrogens (tertiary/aromatic N) is 1. The molecule has 1 amide bonds. The second kappa shape index (κ2) is 57.4. The van der Waals surface area contributed by atoms with Crippen molar-refractivity contribution >= 4 is 13.7 Å². The van der Waals surface area contributed by atoms with E-state index in [2.05, 4.69) is 43.5 Å². The van der Waals surface area contributed by atoms with Gasteiger partial charge in [0.05, 0.1) is 39.9 Å². The number of unbranched alkanes of at least 4 members (excludes halogenated alkanes) is 44. The number of rotatable bonds is 61. The van der Waals surface area contributed by atoms with E-state index in [1.165, 1.54) is 270 Å². The van der Waals surface area contributed by atoms with Gasteiger partial charge in [0.25, 0.3) is 0 Å². The maximum Gasteiger partial charge on any atom is 0.472 e. The first-order chi connectivity index (χ1) is 36.5. The van der Waals surface area contributed by atoms with Crippen LogP contribution in [0.3, 0.4) is 0 Å². The molecule has 0 aliphatic heterocycles. The molecule has 0 rings (SSSR count). The summed E-state index contributed by atoms with van der Waals surface area (Å²) in [7, 11) is 1.57. The number of carbonyl (C=O) groups is 1. The number of carbonyl (C=O) groups excluding carboxylic acids is 1. The van der Waals surface area contributed by atoms with Crippen molar-refractivity contribution in [3.8, 4) is 0 Å². The zero-order valence-corrected chi connectivity index (χ0v) is 51.7. The summed E-state index contributed by atoms with van der Waals surface area (Å²) >= 11 is 0. The predicted molar refractivity (Wildman–Crippen MR) is 328 cm³/mol. The van der Waals surface area contributed by atoms with Gasteiger partial charge in [-0.2, -0.15) is 0 Å². The Kier molecular flexibility index (Phi) is 56.4. The fourth-order valence-electron chi connectivity index (χ4n) is 9.94. The Morgan fingerprint density at radius 2 is 0.733 bits per heavy atom. The molecule has 3 atom stereocenters. The number of quaternary nitrogens is 1. The summed E-state index contributed by atoms with van der Waals surface area (Å²) in [5.74, 6) is -0.182. The minimum Gasteiger partial charge on any atom is -0.387 e. The van der Waals surface area contributed by atoms with Crippen molar-refractivity contribution in [3.05, 3.63) is 36.5 Å². The van der Waals surface area contributed by atoms with Crippen molar-refractivity contribution in [2.75, 3.05) is 40.9 Å². The van der Waals surface area contributed by atoms with Crippen LogP contribution in [0.1, 0.15) is 328 Å². The first kappa shape index (κ1) is 73.7. The monoisotopic (exact) mass is 1080 g/mol. The number of amides is 1. The first-order valence-corrected chi connectivity index (χ1v) is 34.4. The van der Waals surface area contributed by atoms with Crippen molar-refractivity contribution in [1.29, 1.82) is 0 Å². The second-order valence-electron chi connectivity index (χ2n) is 23.8. The van der Waals surface area contributed by atoms with E-state index in [9.17, 15) is 19.4 Å². The van der Waals surface area contributed by atoms with Crippen molar-refractivity contribution in [1.82, 2.24) is 5.32 Å². The molecular weight excluding hydrogens is 948 g/mol. The number of aliphatic hydroxyl groups is 1. The van der Waals surface area contributed by atoms with Crippen LogP contribution in [0.4, 0.5) is 0 Å². The van der Waals surface area contributed by atoms with Gasteiger partial charge in [0.1, 0.15) is 13.2 Å². The summed E-state index contributed by atoms with van der Waals surface area (Å²) in [5.41, 5.74) is 0. The van der Waals surface area contributed by atoms with Gasteiger partial charge >= 0.3 is 7.82 Å². The summed E-state index contributed by atoms with van der Waals surface area (Å²) in [6.07, 6.45) is 75.7. The summed E-state index contributed by atoms with van der Waals surface area (Å²) in [5, 5.41) is 14.0. The number of aliphatic hydroxyl groups excluding tert-OH is 1. The van der Waals surface area contributed by atoms with Gasteiger partial charge in [0.15, 0.2) is 0 Å². The molecule has 0 aliphatic rings. The van der Waals surface area contributed by atoms with Gasteiger partial charge < -0.3 is 19.8 Å². The minimum absolute atomic E-state index is 0.0572. The minimum atomic E-state index is -4.36. The van der Waals surface area contributed by atoms with Gasteiger partial charge in [-0.25, -0.2) is 4.57 Å². The summed E-state index contributed by atoms with van der Waals surface area (Å²) < 4.78 is 23.8. The average Bonchev–Trinajstić information content (AvgIpc) is 3.37. The van der Waals surface area contributed by atoms with Crippen LogP contribution >= 0.6 is 7.82 Å². The zero-order valence-electron chi connectivity index (χ0n) is 50.8. The lowest BCUT2D eigenvalue weighted by molar-refractivity contribution is -0.870. The molecule has 0 aromatic heterocycles. The standard InChI is InChI=1S/C66H129N2O6P/c1-6-8-10-12-14-16-18-20-22-24-26-28-30-32-33-34-36-38-40-42-44-46-48-50-52-54-56-58-60-66(70)67-64(63-74-75(71,72)73-62-61-68(3,4)5)65(69)59-57-55-53-51-49-47-45-43-41-39-37-35-31-29-27-25-23-21-19-17-15-13-11-9-7-2/h32-33,49,51,57,59,64-65,69H,6-31,34-48,50,52-56,58,60-63H2,1-5H3,(H-,67,70,71,72)/p+1/b33-32-,51-49+,59-57+. The van der Waals surface area contributed by atoms with Crippen LogP contribution in [-0.2, 0) is 18.4 Å². The highest BCUT2D eigenvalue weighted by Gasteiger charge is 2.28. The number of hydrogen-bond donors (Lipinski definition) is 3. The van der Waals surface area contributed by atoms with E-state index in [0.717, 1.165) is 38.5 Å². The smallest absolute Gasteiger partial charge is 0.387 e. The summed E-state index contributed by atoms with van der Waals surface area (Å²) in [4.78, 5) is 23.4. The Labute approximate surface area is 467 Å². The molecule has 0 fully saturated rings. The lowest BCUT2D eigenvalue weighted by Gasteiger charge is -2.25. The highest BCUT2D eigenvalue weighted by Crippen LogP contribution is 2.43. The Balaban J connectivity index is 4.14. The maximum absolute atomic E-state index is 13.0. The number of phosphoric ester groups is 1. The summed E-state index contributed by atoms with van der Waals surface area (Å²) in [6, 6.07) is -0.864. The van der Waals surface area contributed by atoms with E-state index in [1.807, 2.05) is 27.2 Å². The molecule has 0 spiro atoms. The molecule has 3 N–H and O–H groups in total. The van der Waals surface area contributed by atoms with E-state index in [0.29, 0.717) is 17.4 Å². The average molecular weight is 1080 g/mol. The molecular formula is C66H130N2O6P+. The van der Waals surface area contributed by atoms with Crippen LogP contribution in [0.15, 0.2) is 36.5 Å². The third-order valence-electron chi connectivity index (χ3n) is 15.1. The molecule has 75 heavy (non-hydrogen) atoms. The molecule has 8 nitrogen and oxygen atoms in total. The topological polar surface area (TPSA) is 105 Å². The highest BCUT2D eigenvalue weighted by atomic mass is 31.2. The largest absolute Gasteiger partial charge is 0.472 e. The molecule has 3 unspecified atom stereocenters. The fraction of sp³-hybridized carbons (Fsp3) is 0.894. The number of nitrogens with one attached hydrogen (secondary N) is 1. The Hall–Kier alpha value is -1.28. The van der Waals surface area contributed by atoms with E-state index in [1.54, 1.807) is 6.08 Å². The van der Waals surface area contributed by atoms with Gasteiger partial charge in [-0.15, -0.1) is 0 Å². The van der Waals surface area contributed by atoms with E-state index in [-0.39, 0.29) is 19.1 Å². The molecule has 0 saturated carbocycles. The number of likely N-dealkylation sites (N-methyl/N-ethyl adjacent to an activating group) is 1. The van der Waals surface area contributed by atoms with Crippen LogP contribution in [-0.4, -0.2) is 73.4 Å². The molecule has 0 aromatic carbocycles. The molecule has 0 aliphatic carbocycles. The lowest BCUT2D eigenvalue weighted by atomic mass is 10.0. The number of hydrogen-bond acceptors (Lipinski definition) is 5. The van der Waals surface area contributed by atoms with Crippen molar-refractivity contribution < 1.29 is 32.9 Å². The van der Waals surface area contributed by atoms with Crippen LogP contribution < -0.4 is 5.32 Å². The van der Waals surface area contributed by atoms with E-state index < -0.39 is 20.0 Å². The van der Waals surface area contributed by atoms with E-state index >= 15 is 0 Å². The summed E-state index contributed by atoms with van der Waals surface area (Å²) in [6.45, 7) is 4.85.